The lowest BCUT2D eigenvalue weighted by Crippen LogP contribution is -2.23. The second-order valence-electron chi connectivity index (χ2n) is 7.31. The number of hydrogen-bond acceptors (Lipinski definition) is 5. The minimum Gasteiger partial charge on any atom is -0.484 e. The largest absolute Gasteiger partial charge is 0.484 e. The van der Waals surface area contributed by atoms with Gasteiger partial charge in [0.05, 0.1) is 16.8 Å². The Morgan fingerprint density at radius 2 is 1.81 bits per heavy atom. The number of carbonyl (C=O) groups excluding carboxylic acids is 1. The van der Waals surface area contributed by atoms with Crippen molar-refractivity contribution in [1.82, 2.24) is 4.57 Å². The van der Waals surface area contributed by atoms with E-state index in [9.17, 15) is 9.59 Å². The molecule has 0 aliphatic carbocycles. The molecular formula is C24H23ClN2O3S2. The highest BCUT2D eigenvalue weighted by Crippen LogP contribution is 2.43. The number of nitrogens with one attached hydrogen (secondary N) is 1. The van der Waals surface area contributed by atoms with E-state index in [1.54, 1.807) is 18.3 Å². The average Bonchev–Trinajstić information content (AvgIpc) is 2.82. The second kappa shape index (κ2) is 11.0. The summed E-state index contributed by atoms with van der Waals surface area (Å²) in [5, 5.41) is 3.37. The lowest BCUT2D eigenvalue weighted by molar-refractivity contribution is -0.118. The highest BCUT2D eigenvalue weighted by Gasteiger charge is 2.16. The number of carbonyl (C=O) groups is 1. The van der Waals surface area contributed by atoms with Crippen LogP contribution >= 0.6 is 35.1 Å². The SMILES string of the molecule is O=C(COc1ccc(C2SCCCS2)cc1)Nc1ccc(=O)n(Cc2ccccc2Cl)c1. The summed E-state index contributed by atoms with van der Waals surface area (Å²) in [5.41, 5.74) is 2.45. The molecule has 1 N–H and O–H groups in total. The Morgan fingerprint density at radius 1 is 1.06 bits per heavy atom. The number of hydrogen-bond donors (Lipinski definition) is 1. The number of anilines is 1. The van der Waals surface area contributed by atoms with Crippen LogP contribution in [0.2, 0.25) is 5.02 Å². The topological polar surface area (TPSA) is 60.3 Å². The summed E-state index contributed by atoms with van der Waals surface area (Å²) in [6.07, 6.45) is 2.87. The molecule has 32 heavy (non-hydrogen) atoms. The van der Waals surface area contributed by atoms with Gasteiger partial charge in [0.15, 0.2) is 6.61 Å². The van der Waals surface area contributed by atoms with E-state index in [-0.39, 0.29) is 18.1 Å². The lowest BCUT2D eigenvalue weighted by atomic mass is 10.2. The number of thioether (sulfide) groups is 2. The molecule has 0 spiro atoms. The summed E-state index contributed by atoms with van der Waals surface area (Å²) in [7, 11) is 0. The van der Waals surface area contributed by atoms with Crippen LogP contribution < -0.4 is 15.6 Å². The van der Waals surface area contributed by atoms with Crippen molar-refractivity contribution in [1.29, 1.82) is 0 Å². The standard InChI is InChI=1S/C24H23ClN2O3S2/c25-21-5-2-1-4-18(21)14-27-15-19(8-11-23(27)29)26-22(28)16-30-20-9-6-17(7-10-20)24-31-12-3-13-32-24/h1-2,4-11,15,24H,3,12-14,16H2,(H,26,28). The van der Waals surface area contributed by atoms with Gasteiger partial charge < -0.3 is 14.6 Å². The Hall–Kier alpha value is -2.35. The summed E-state index contributed by atoms with van der Waals surface area (Å²) < 4.78 is 7.62. The Balaban J connectivity index is 1.33. The molecule has 2 aromatic carbocycles. The molecule has 1 fully saturated rings. The Labute approximate surface area is 200 Å². The predicted octanol–water partition coefficient (Wildman–Crippen LogP) is 5.44. The zero-order chi connectivity index (χ0) is 22.3. The van der Waals surface area contributed by atoms with E-state index in [2.05, 4.69) is 17.4 Å². The van der Waals surface area contributed by atoms with E-state index >= 15 is 0 Å². The molecule has 166 valence electrons. The number of nitrogens with zero attached hydrogens (tertiary/aromatic N) is 1. The van der Waals surface area contributed by atoms with E-state index < -0.39 is 0 Å². The van der Waals surface area contributed by atoms with Crippen LogP contribution in [-0.4, -0.2) is 28.6 Å². The molecule has 0 saturated carbocycles. The maximum Gasteiger partial charge on any atom is 0.262 e. The molecule has 0 atom stereocenters. The number of pyridine rings is 1. The van der Waals surface area contributed by atoms with Crippen molar-refractivity contribution in [2.24, 2.45) is 0 Å². The Kier molecular flexibility index (Phi) is 7.84. The first-order valence-corrected chi connectivity index (χ1v) is 12.8. The molecule has 0 unspecified atom stereocenters. The van der Waals surface area contributed by atoms with Gasteiger partial charge in [0, 0.05) is 17.3 Å². The zero-order valence-electron chi connectivity index (χ0n) is 17.3. The normalized spacial score (nSPS) is 14.2. The first-order chi connectivity index (χ1) is 15.6. The number of ether oxygens (including phenoxy) is 1. The van der Waals surface area contributed by atoms with Gasteiger partial charge in [0.2, 0.25) is 0 Å². The lowest BCUT2D eigenvalue weighted by Gasteiger charge is -2.21. The molecule has 3 aromatic rings. The first-order valence-electron chi connectivity index (χ1n) is 10.3. The minimum atomic E-state index is -0.296. The van der Waals surface area contributed by atoms with E-state index in [0.29, 0.717) is 27.6 Å². The van der Waals surface area contributed by atoms with Gasteiger partial charge in [0.25, 0.3) is 11.5 Å². The molecule has 2 heterocycles. The van der Waals surface area contributed by atoms with Crippen molar-refractivity contribution in [3.8, 4) is 5.75 Å². The molecule has 1 saturated heterocycles. The third-order valence-corrected chi connectivity index (χ3v) is 8.30. The Bertz CT molecular complexity index is 1130. The molecule has 1 aromatic heterocycles. The summed E-state index contributed by atoms with van der Waals surface area (Å²) in [6.45, 7) is 0.207. The third-order valence-electron chi connectivity index (χ3n) is 4.92. The van der Waals surface area contributed by atoms with Gasteiger partial charge in [0.1, 0.15) is 5.75 Å². The summed E-state index contributed by atoms with van der Waals surface area (Å²) in [5.74, 6) is 2.75. The quantitative estimate of drug-likeness (QED) is 0.482. The van der Waals surface area contributed by atoms with Crippen LogP contribution in [0.25, 0.3) is 0 Å². The van der Waals surface area contributed by atoms with Crippen molar-refractivity contribution < 1.29 is 9.53 Å². The fourth-order valence-electron chi connectivity index (χ4n) is 3.29. The molecule has 4 rings (SSSR count). The van der Waals surface area contributed by atoms with Crippen LogP contribution in [0.3, 0.4) is 0 Å². The molecule has 0 bridgehead atoms. The predicted molar refractivity (Wildman–Crippen MR) is 134 cm³/mol. The molecule has 8 heteroatoms. The second-order valence-corrected chi connectivity index (χ2v) is 10.4. The Morgan fingerprint density at radius 3 is 2.56 bits per heavy atom. The van der Waals surface area contributed by atoms with Crippen LogP contribution in [0.15, 0.2) is 71.7 Å². The smallest absolute Gasteiger partial charge is 0.262 e. The van der Waals surface area contributed by atoms with Gasteiger partial charge >= 0.3 is 0 Å². The summed E-state index contributed by atoms with van der Waals surface area (Å²) in [6, 6.07) is 18.3. The van der Waals surface area contributed by atoms with Crippen molar-refractivity contribution in [3.05, 3.63) is 93.4 Å². The van der Waals surface area contributed by atoms with Crippen molar-refractivity contribution in [3.63, 3.8) is 0 Å². The average molecular weight is 487 g/mol. The van der Waals surface area contributed by atoms with Crippen LogP contribution in [0, 0.1) is 0 Å². The zero-order valence-corrected chi connectivity index (χ0v) is 19.7. The van der Waals surface area contributed by atoms with Gasteiger partial charge in [-0.05, 0) is 53.3 Å². The fraction of sp³-hybridized carbons (Fsp3) is 0.250. The van der Waals surface area contributed by atoms with Gasteiger partial charge in [-0.25, -0.2) is 0 Å². The summed E-state index contributed by atoms with van der Waals surface area (Å²) >= 11 is 10.1. The van der Waals surface area contributed by atoms with E-state index in [1.807, 2.05) is 53.9 Å². The van der Waals surface area contributed by atoms with E-state index in [0.717, 1.165) is 5.56 Å². The molecule has 0 radical (unpaired) electrons. The maximum absolute atomic E-state index is 12.4. The van der Waals surface area contributed by atoms with Crippen molar-refractivity contribution in [2.45, 2.75) is 17.5 Å². The number of halogens is 1. The highest BCUT2D eigenvalue weighted by molar-refractivity contribution is 8.16. The van der Waals surface area contributed by atoms with Crippen LogP contribution in [0.5, 0.6) is 5.75 Å². The third kappa shape index (κ3) is 6.12. The molecule has 1 aliphatic rings. The van der Waals surface area contributed by atoms with Crippen molar-refractivity contribution in [2.75, 3.05) is 23.4 Å². The molecular weight excluding hydrogens is 464 g/mol. The number of amides is 1. The van der Waals surface area contributed by atoms with Crippen molar-refractivity contribution >= 4 is 46.7 Å². The molecule has 5 nitrogen and oxygen atoms in total. The van der Waals surface area contributed by atoms with Crippen LogP contribution in [-0.2, 0) is 11.3 Å². The van der Waals surface area contributed by atoms with Crippen LogP contribution in [0.4, 0.5) is 5.69 Å². The van der Waals surface area contributed by atoms with Gasteiger partial charge in [-0.3, -0.25) is 9.59 Å². The first kappa shape index (κ1) is 22.8. The van der Waals surface area contributed by atoms with E-state index in [4.69, 9.17) is 16.3 Å². The highest BCUT2D eigenvalue weighted by atomic mass is 35.5. The minimum absolute atomic E-state index is 0.115. The number of benzene rings is 2. The number of aromatic nitrogens is 1. The monoisotopic (exact) mass is 486 g/mol. The van der Waals surface area contributed by atoms with Gasteiger partial charge in [-0.1, -0.05) is 41.9 Å². The maximum atomic E-state index is 12.4. The number of rotatable bonds is 7. The molecule has 1 aliphatic heterocycles. The summed E-state index contributed by atoms with van der Waals surface area (Å²) in [4.78, 5) is 24.6. The van der Waals surface area contributed by atoms with E-state index in [1.165, 1.54) is 34.1 Å². The fourth-order valence-corrected chi connectivity index (χ4v) is 6.38. The van der Waals surface area contributed by atoms with Gasteiger partial charge in [-0.2, -0.15) is 0 Å². The van der Waals surface area contributed by atoms with Crippen LogP contribution in [0.1, 0.15) is 22.1 Å². The van der Waals surface area contributed by atoms with Gasteiger partial charge in [-0.15, -0.1) is 23.5 Å². The molecule has 1 amide bonds.